The van der Waals surface area contributed by atoms with E-state index in [9.17, 15) is 9.59 Å². The van der Waals surface area contributed by atoms with Gasteiger partial charge in [-0.3, -0.25) is 9.48 Å². The summed E-state index contributed by atoms with van der Waals surface area (Å²) >= 11 is 0. The second-order valence-electron chi connectivity index (χ2n) is 5.23. The highest BCUT2D eigenvalue weighted by atomic mass is 16.5. The van der Waals surface area contributed by atoms with Gasteiger partial charge in [-0.05, 0) is 25.5 Å². The second-order valence-corrected chi connectivity index (χ2v) is 5.23. The van der Waals surface area contributed by atoms with Crippen molar-refractivity contribution in [3.8, 4) is 0 Å². The molecular formula is C17H21N3O3. The Morgan fingerprint density at radius 3 is 2.61 bits per heavy atom. The largest absolute Gasteiger partial charge is 0.467 e. The van der Waals surface area contributed by atoms with Crippen LogP contribution < -0.4 is 5.32 Å². The first kappa shape index (κ1) is 16.7. The van der Waals surface area contributed by atoms with Crippen LogP contribution >= 0.6 is 0 Å². The molecule has 0 bridgehead atoms. The summed E-state index contributed by atoms with van der Waals surface area (Å²) in [7, 11) is 1.31. The number of carbonyl (C=O) groups excluding carboxylic acids is 2. The quantitative estimate of drug-likeness (QED) is 0.824. The molecule has 1 atom stereocenters. The van der Waals surface area contributed by atoms with Crippen LogP contribution in [0.2, 0.25) is 0 Å². The fourth-order valence-electron chi connectivity index (χ4n) is 2.39. The van der Waals surface area contributed by atoms with Gasteiger partial charge < -0.3 is 10.1 Å². The first-order chi connectivity index (χ1) is 11.0. The molecule has 0 aliphatic rings. The average Bonchev–Trinajstić information content (AvgIpc) is 2.95. The Bertz CT molecular complexity index is 680. The molecule has 6 heteroatoms. The van der Waals surface area contributed by atoms with Gasteiger partial charge in [0.25, 0.3) is 5.91 Å². The van der Waals surface area contributed by atoms with E-state index < -0.39 is 12.0 Å². The number of benzene rings is 1. The Morgan fingerprint density at radius 1 is 1.30 bits per heavy atom. The summed E-state index contributed by atoms with van der Waals surface area (Å²) in [5, 5.41) is 6.99. The molecule has 1 amide bonds. The Labute approximate surface area is 135 Å². The fourth-order valence-corrected chi connectivity index (χ4v) is 2.39. The third-order valence-electron chi connectivity index (χ3n) is 3.51. The highest BCUT2D eigenvalue weighted by Crippen LogP contribution is 2.08. The van der Waals surface area contributed by atoms with Crippen molar-refractivity contribution >= 4 is 11.9 Å². The van der Waals surface area contributed by atoms with E-state index in [0.29, 0.717) is 18.7 Å². The highest BCUT2D eigenvalue weighted by Gasteiger charge is 2.24. The molecule has 0 spiro atoms. The number of aryl methyl sites for hydroxylation is 2. The van der Waals surface area contributed by atoms with Gasteiger partial charge in [-0.25, -0.2) is 4.79 Å². The van der Waals surface area contributed by atoms with E-state index in [0.717, 1.165) is 11.3 Å². The van der Waals surface area contributed by atoms with Gasteiger partial charge in [-0.15, -0.1) is 0 Å². The van der Waals surface area contributed by atoms with Crippen molar-refractivity contribution in [3.63, 3.8) is 0 Å². The Kier molecular flexibility index (Phi) is 5.51. The van der Waals surface area contributed by atoms with Crippen LogP contribution in [0.3, 0.4) is 0 Å². The minimum Gasteiger partial charge on any atom is -0.467 e. The predicted octanol–water partition coefficient (Wildman–Crippen LogP) is 1.73. The molecule has 2 rings (SSSR count). The predicted molar refractivity (Wildman–Crippen MR) is 86.1 cm³/mol. The molecule has 1 N–H and O–H groups in total. The van der Waals surface area contributed by atoms with E-state index in [4.69, 9.17) is 4.74 Å². The van der Waals surface area contributed by atoms with Crippen LogP contribution in [0.25, 0.3) is 0 Å². The van der Waals surface area contributed by atoms with Gasteiger partial charge in [-0.2, -0.15) is 5.10 Å². The zero-order valence-corrected chi connectivity index (χ0v) is 13.6. The van der Waals surface area contributed by atoms with Crippen molar-refractivity contribution in [2.24, 2.45) is 0 Å². The number of rotatable bonds is 6. The monoisotopic (exact) mass is 315 g/mol. The molecule has 1 heterocycles. The number of aromatic nitrogens is 2. The Morgan fingerprint density at radius 2 is 2.00 bits per heavy atom. The van der Waals surface area contributed by atoms with Crippen LogP contribution in [0.15, 0.2) is 36.4 Å². The van der Waals surface area contributed by atoms with Crippen molar-refractivity contribution < 1.29 is 14.3 Å². The van der Waals surface area contributed by atoms with E-state index >= 15 is 0 Å². The van der Waals surface area contributed by atoms with Gasteiger partial charge in [0.05, 0.1) is 12.8 Å². The number of hydrogen-bond donors (Lipinski definition) is 1. The molecule has 23 heavy (non-hydrogen) atoms. The van der Waals surface area contributed by atoms with Gasteiger partial charge in [0, 0.05) is 13.0 Å². The average molecular weight is 315 g/mol. The molecule has 0 saturated carbocycles. The number of amides is 1. The summed E-state index contributed by atoms with van der Waals surface area (Å²) in [5.41, 5.74) is 2.14. The number of nitrogens with one attached hydrogen (secondary N) is 1. The maximum absolute atomic E-state index is 12.5. The Hall–Kier alpha value is -2.63. The minimum atomic E-state index is -0.740. The van der Waals surface area contributed by atoms with Crippen LogP contribution in [0.5, 0.6) is 0 Å². The lowest BCUT2D eigenvalue weighted by Gasteiger charge is -2.17. The van der Waals surface area contributed by atoms with Gasteiger partial charge in [0.2, 0.25) is 0 Å². The zero-order valence-electron chi connectivity index (χ0n) is 13.6. The van der Waals surface area contributed by atoms with E-state index in [1.807, 2.05) is 44.2 Å². The molecule has 1 aromatic heterocycles. The lowest BCUT2D eigenvalue weighted by molar-refractivity contribution is -0.142. The molecule has 122 valence electrons. The van der Waals surface area contributed by atoms with Crippen molar-refractivity contribution in [2.45, 2.75) is 32.9 Å². The van der Waals surface area contributed by atoms with Crippen LogP contribution in [0, 0.1) is 6.92 Å². The van der Waals surface area contributed by atoms with E-state index in [1.54, 1.807) is 10.7 Å². The van der Waals surface area contributed by atoms with Gasteiger partial charge in [0.1, 0.15) is 11.7 Å². The first-order valence-electron chi connectivity index (χ1n) is 7.52. The third-order valence-corrected chi connectivity index (χ3v) is 3.51. The standard InChI is InChI=1S/C17H21N3O3/c1-4-20-15(10-12(2)19-20)16(21)18-14(17(22)23-3)11-13-8-6-5-7-9-13/h5-10,14H,4,11H2,1-3H3,(H,18,21). The van der Waals surface area contributed by atoms with Crippen LogP contribution in [0.4, 0.5) is 0 Å². The topological polar surface area (TPSA) is 73.2 Å². The number of nitrogens with zero attached hydrogens (tertiary/aromatic N) is 2. The van der Waals surface area contributed by atoms with E-state index in [-0.39, 0.29) is 5.91 Å². The minimum absolute atomic E-state index is 0.334. The molecule has 0 saturated heterocycles. The molecule has 0 aliphatic carbocycles. The first-order valence-corrected chi connectivity index (χ1v) is 7.52. The lowest BCUT2D eigenvalue weighted by Crippen LogP contribution is -2.43. The highest BCUT2D eigenvalue weighted by molar-refractivity contribution is 5.95. The third kappa shape index (κ3) is 4.18. The number of methoxy groups -OCH3 is 1. The van der Waals surface area contributed by atoms with Crippen LogP contribution in [-0.2, 0) is 22.5 Å². The summed E-state index contributed by atoms with van der Waals surface area (Å²) in [6.45, 7) is 4.31. The summed E-state index contributed by atoms with van der Waals surface area (Å²) in [6.07, 6.45) is 0.374. The molecule has 1 unspecified atom stereocenters. The van der Waals surface area contributed by atoms with Crippen molar-refractivity contribution in [1.82, 2.24) is 15.1 Å². The van der Waals surface area contributed by atoms with Crippen LogP contribution in [-0.4, -0.2) is 34.8 Å². The van der Waals surface area contributed by atoms with Crippen molar-refractivity contribution in [3.05, 3.63) is 53.3 Å². The van der Waals surface area contributed by atoms with E-state index in [2.05, 4.69) is 10.4 Å². The van der Waals surface area contributed by atoms with Crippen molar-refractivity contribution in [1.29, 1.82) is 0 Å². The molecule has 1 aromatic carbocycles. The second kappa shape index (κ2) is 7.58. The molecule has 0 fully saturated rings. The molecule has 0 radical (unpaired) electrons. The lowest BCUT2D eigenvalue weighted by atomic mass is 10.1. The van der Waals surface area contributed by atoms with Gasteiger partial charge in [-0.1, -0.05) is 30.3 Å². The van der Waals surface area contributed by atoms with E-state index in [1.165, 1.54) is 7.11 Å². The fraction of sp³-hybridized carbons (Fsp3) is 0.353. The summed E-state index contributed by atoms with van der Waals surface area (Å²) in [6, 6.07) is 10.5. The van der Waals surface area contributed by atoms with Gasteiger partial charge >= 0.3 is 5.97 Å². The zero-order chi connectivity index (χ0) is 16.8. The number of esters is 1. The van der Waals surface area contributed by atoms with Crippen molar-refractivity contribution in [2.75, 3.05) is 7.11 Å². The summed E-state index contributed by atoms with van der Waals surface area (Å²) in [4.78, 5) is 24.5. The number of carbonyl (C=O) groups is 2. The van der Waals surface area contributed by atoms with Gasteiger partial charge in [0.15, 0.2) is 0 Å². The molecule has 2 aromatic rings. The van der Waals surface area contributed by atoms with Crippen LogP contribution in [0.1, 0.15) is 28.7 Å². The maximum Gasteiger partial charge on any atom is 0.328 e. The summed E-state index contributed by atoms with van der Waals surface area (Å²) < 4.78 is 6.42. The molecule has 0 aliphatic heterocycles. The molecular weight excluding hydrogens is 294 g/mol. The molecule has 6 nitrogen and oxygen atoms in total. The smallest absolute Gasteiger partial charge is 0.328 e. The Balaban J connectivity index is 2.17. The number of hydrogen-bond acceptors (Lipinski definition) is 4. The SMILES string of the molecule is CCn1nc(C)cc1C(=O)NC(Cc1ccccc1)C(=O)OC. The maximum atomic E-state index is 12.5. The summed E-state index contributed by atoms with van der Waals surface area (Å²) in [5.74, 6) is -0.805. The number of ether oxygens (including phenoxy) is 1. The normalized spacial score (nSPS) is 11.8.